The van der Waals surface area contributed by atoms with Gasteiger partial charge in [-0.2, -0.15) is 0 Å². The van der Waals surface area contributed by atoms with Gasteiger partial charge in [0.15, 0.2) is 0 Å². The van der Waals surface area contributed by atoms with Crippen molar-refractivity contribution in [2.75, 3.05) is 18.4 Å². The third-order valence-electron chi connectivity index (χ3n) is 3.63. The summed E-state index contributed by atoms with van der Waals surface area (Å²) in [5, 5.41) is 14.1. The molecule has 0 amide bonds. The van der Waals surface area contributed by atoms with Gasteiger partial charge in [-0.05, 0) is 38.4 Å². The smallest absolute Gasteiger partial charge is 0.292 e. The van der Waals surface area contributed by atoms with Gasteiger partial charge in [0.25, 0.3) is 5.69 Å². The van der Waals surface area contributed by atoms with Gasteiger partial charge in [0.05, 0.1) is 4.92 Å². The fourth-order valence-electron chi connectivity index (χ4n) is 2.24. The molecule has 0 aliphatic heterocycles. The zero-order valence-corrected chi connectivity index (χ0v) is 12.8. The molecule has 0 spiro atoms. The molecule has 1 atom stereocenters. The second kappa shape index (κ2) is 7.85. The second-order valence-corrected chi connectivity index (χ2v) is 4.96. The van der Waals surface area contributed by atoms with Crippen LogP contribution in [0.1, 0.15) is 39.7 Å². The lowest BCUT2D eigenvalue weighted by Gasteiger charge is -2.27. The molecule has 1 unspecified atom stereocenters. The van der Waals surface area contributed by atoms with Gasteiger partial charge in [0.1, 0.15) is 5.69 Å². The lowest BCUT2D eigenvalue weighted by Crippen LogP contribution is -2.31. The molecule has 5 heteroatoms. The first-order valence-corrected chi connectivity index (χ1v) is 7.28. The molecule has 0 aliphatic carbocycles. The van der Waals surface area contributed by atoms with E-state index in [1.807, 2.05) is 19.1 Å². The summed E-state index contributed by atoms with van der Waals surface area (Å²) in [4.78, 5) is 13.0. The summed E-state index contributed by atoms with van der Waals surface area (Å²) in [5.74, 6) is 0. The highest BCUT2D eigenvalue weighted by Gasteiger charge is 2.16. The summed E-state index contributed by atoms with van der Waals surface area (Å²) in [5.41, 5.74) is 1.85. The van der Waals surface area contributed by atoms with Crippen LogP contribution in [-0.4, -0.2) is 29.0 Å². The summed E-state index contributed by atoms with van der Waals surface area (Å²) in [7, 11) is 0. The Kier molecular flexibility index (Phi) is 6.45. The van der Waals surface area contributed by atoms with Gasteiger partial charge in [0, 0.05) is 25.2 Å². The van der Waals surface area contributed by atoms with E-state index in [0.29, 0.717) is 18.3 Å². The Morgan fingerprint density at radius 3 is 2.55 bits per heavy atom. The predicted molar refractivity (Wildman–Crippen MR) is 83.1 cm³/mol. The van der Waals surface area contributed by atoms with Crippen LogP contribution in [0.25, 0.3) is 0 Å². The van der Waals surface area contributed by atoms with Crippen LogP contribution in [0.2, 0.25) is 0 Å². The fraction of sp³-hybridized carbons (Fsp3) is 0.600. The number of anilines is 1. The number of hydrogen-bond acceptors (Lipinski definition) is 4. The molecule has 0 aromatic heterocycles. The summed E-state index contributed by atoms with van der Waals surface area (Å²) in [6, 6.07) is 5.85. The third kappa shape index (κ3) is 4.20. The van der Waals surface area contributed by atoms with Crippen molar-refractivity contribution >= 4 is 11.4 Å². The number of nitrogens with one attached hydrogen (secondary N) is 1. The Morgan fingerprint density at radius 1 is 1.35 bits per heavy atom. The Hall–Kier alpha value is -1.62. The maximum atomic E-state index is 11.0. The highest BCUT2D eigenvalue weighted by molar-refractivity contribution is 5.62. The van der Waals surface area contributed by atoms with E-state index in [9.17, 15) is 10.1 Å². The maximum Gasteiger partial charge on any atom is 0.292 e. The number of rotatable bonds is 8. The largest absolute Gasteiger partial charge is 0.380 e. The Balaban J connectivity index is 2.96. The van der Waals surface area contributed by atoms with Gasteiger partial charge in [0.2, 0.25) is 0 Å². The molecule has 0 heterocycles. The monoisotopic (exact) mass is 279 g/mol. The molecule has 1 N–H and O–H groups in total. The fourth-order valence-corrected chi connectivity index (χ4v) is 2.24. The molecular formula is C15H25N3O2. The van der Waals surface area contributed by atoms with Crippen LogP contribution in [0.5, 0.6) is 0 Å². The van der Waals surface area contributed by atoms with E-state index in [4.69, 9.17) is 0 Å². The number of nitrogens with zero attached hydrogens (tertiary/aromatic N) is 2. The van der Waals surface area contributed by atoms with E-state index in [1.165, 1.54) is 0 Å². The van der Waals surface area contributed by atoms with Gasteiger partial charge in [-0.3, -0.25) is 15.0 Å². The molecular weight excluding hydrogens is 254 g/mol. The predicted octanol–water partition coefficient (Wildman–Crippen LogP) is 3.65. The van der Waals surface area contributed by atoms with Crippen molar-refractivity contribution in [3.63, 3.8) is 0 Å². The Bertz CT molecular complexity index is 449. The van der Waals surface area contributed by atoms with Crippen LogP contribution in [0.15, 0.2) is 18.2 Å². The molecule has 1 aromatic rings. The number of benzene rings is 1. The SMILES string of the molecule is CCNc1cc(CN(CC)C(C)CC)ccc1[N+](=O)[O-]. The van der Waals surface area contributed by atoms with Crippen molar-refractivity contribution < 1.29 is 4.92 Å². The van der Waals surface area contributed by atoms with Crippen molar-refractivity contribution in [3.05, 3.63) is 33.9 Å². The van der Waals surface area contributed by atoms with E-state index < -0.39 is 0 Å². The number of nitro benzene ring substituents is 1. The minimum atomic E-state index is -0.339. The summed E-state index contributed by atoms with van der Waals surface area (Å²) >= 11 is 0. The summed E-state index contributed by atoms with van der Waals surface area (Å²) in [6.07, 6.45) is 1.10. The van der Waals surface area contributed by atoms with E-state index >= 15 is 0 Å². The van der Waals surface area contributed by atoms with Gasteiger partial charge >= 0.3 is 0 Å². The number of hydrogen-bond donors (Lipinski definition) is 1. The van der Waals surface area contributed by atoms with Crippen molar-refractivity contribution in [2.45, 2.75) is 46.7 Å². The molecule has 1 rings (SSSR count). The van der Waals surface area contributed by atoms with Crippen molar-refractivity contribution in [2.24, 2.45) is 0 Å². The van der Waals surface area contributed by atoms with E-state index in [-0.39, 0.29) is 10.6 Å². The van der Waals surface area contributed by atoms with Gasteiger partial charge in [-0.1, -0.05) is 19.9 Å². The minimum absolute atomic E-state index is 0.141. The van der Waals surface area contributed by atoms with Crippen LogP contribution in [0, 0.1) is 10.1 Å². The zero-order valence-electron chi connectivity index (χ0n) is 12.8. The lowest BCUT2D eigenvalue weighted by atomic mass is 10.1. The van der Waals surface area contributed by atoms with Crippen molar-refractivity contribution in [1.82, 2.24) is 4.90 Å². The average molecular weight is 279 g/mol. The molecule has 112 valence electrons. The first-order chi connectivity index (χ1) is 9.53. The molecule has 0 bridgehead atoms. The maximum absolute atomic E-state index is 11.0. The summed E-state index contributed by atoms with van der Waals surface area (Å²) < 4.78 is 0. The normalized spacial score (nSPS) is 12.4. The standard InChI is InChI=1S/C15H25N3O2/c1-5-12(4)17(7-3)11-13-8-9-15(18(19)20)14(10-13)16-6-2/h8-10,12,16H,5-7,11H2,1-4H3. The van der Waals surface area contributed by atoms with Gasteiger partial charge in [-0.25, -0.2) is 0 Å². The zero-order chi connectivity index (χ0) is 15.1. The molecule has 0 saturated carbocycles. The molecule has 0 aliphatic rings. The first kappa shape index (κ1) is 16.4. The van der Waals surface area contributed by atoms with Crippen LogP contribution in [0.3, 0.4) is 0 Å². The third-order valence-corrected chi connectivity index (χ3v) is 3.63. The first-order valence-electron chi connectivity index (χ1n) is 7.28. The molecule has 20 heavy (non-hydrogen) atoms. The Morgan fingerprint density at radius 2 is 2.05 bits per heavy atom. The summed E-state index contributed by atoms with van der Waals surface area (Å²) in [6.45, 7) is 10.9. The molecule has 0 fully saturated rings. The van der Waals surface area contributed by atoms with Gasteiger partial charge < -0.3 is 5.32 Å². The second-order valence-electron chi connectivity index (χ2n) is 4.96. The average Bonchev–Trinajstić information content (AvgIpc) is 2.44. The topological polar surface area (TPSA) is 58.4 Å². The minimum Gasteiger partial charge on any atom is -0.380 e. The van der Waals surface area contributed by atoms with E-state index in [2.05, 4.69) is 31.0 Å². The van der Waals surface area contributed by atoms with Crippen LogP contribution in [-0.2, 0) is 6.54 Å². The molecule has 1 aromatic carbocycles. The van der Waals surface area contributed by atoms with Crippen LogP contribution in [0.4, 0.5) is 11.4 Å². The highest BCUT2D eigenvalue weighted by atomic mass is 16.6. The molecule has 5 nitrogen and oxygen atoms in total. The van der Waals surface area contributed by atoms with Gasteiger partial charge in [-0.15, -0.1) is 0 Å². The van der Waals surface area contributed by atoms with Crippen LogP contribution >= 0.6 is 0 Å². The highest BCUT2D eigenvalue weighted by Crippen LogP contribution is 2.26. The van der Waals surface area contributed by atoms with Crippen molar-refractivity contribution in [3.8, 4) is 0 Å². The van der Waals surface area contributed by atoms with E-state index in [1.54, 1.807) is 6.07 Å². The van der Waals surface area contributed by atoms with Crippen LogP contribution < -0.4 is 5.32 Å². The molecule has 0 radical (unpaired) electrons. The quantitative estimate of drug-likeness (QED) is 0.583. The van der Waals surface area contributed by atoms with Crippen molar-refractivity contribution in [1.29, 1.82) is 0 Å². The lowest BCUT2D eigenvalue weighted by molar-refractivity contribution is -0.384. The van der Waals surface area contributed by atoms with E-state index in [0.717, 1.165) is 25.1 Å². The number of nitro groups is 1. The molecule has 0 saturated heterocycles. The Labute approximate surface area is 121 Å².